The zero-order valence-electron chi connectivity index (χ0n) is 28.2. The second kappa shape index (κ2) is 13.3. The van der Waals surface area contributed by atoms with Crippen molar-refractivity contribution in [2.24, 2.45) is 0 Å². The van der Waals surface area contributed by atoms with E-state index in [-0.39, 0.29) is 0 Å². The van der Waals surface area contributed by atoms with Crippen LogP contribution in [0.1, 0.15) is 0 Å². The second-order valence-electron chi connectivity index (χ2n) is 13.0. The molecule has 0 aliphatic heterocycles. The van der Waals surface area contributed by atoms with Crippen molar-refractivity contribution in [1.82, 2.24) is 0 Å². The van der Waals surface area contributed by atoms with Gasteiger partial charge < -0.3 is 4.90 Å². The summed E-state index contributed by atoms with van der Waals surface area (Å²) in [6.45, 7) is 0. The number of hydrogen-bond donors (Lipinski definition) is 0. The molecule has 9 aromatic rings. The van der Waals surface area contributed by atoms with E-state index in [1.807, 2.05) is 0 Å². The van der Waals surface area contributed by atoms with Crippen LogP contribution in [0.2, 0.25) is 0 Å². The van der Waals surface area contributed by atoms with Crippen LogP contribution < -0.4 is 4.90 Å². The summed E-state index contributed by atoms with van der Waals surface area (Å²) in [5, 5.41) is 4.91. The standard InChI is InChI=1S/C50H35N/c1-3-13-36(14-4-1)39-29-31-46(32-30-39)51(47-24-10-22-43(35-47)44-28-27-38-17-7-8-18-41(38)33-44)49-26-12-20-40-19-11-25-48(50(40)49)45-23-9-21-42(34-45)37-15-5-2-6-16-37/h1-35H. The van der Waals surface area contributed by atoms with Gasteiger partial charge in [0.15, 0.2) is 0 Å². The summed E-state index contributed by atoms with van der Waals surface area (Å²) in [4.78, 5) is 2.42. The summed E-state index contributed by atoms with van der Waals surface area (Å²) < 4.78 is 0. The van der Waals surface area contributed by atoms with E-state index in [1.54, 1.807) is 0 Å². The lowest BCUT2D eigenvalue weighted by Crippen LogP contribution is -2.11. The molecule has 0 N–H and O–H groups in total. The van der Waals surface area contributed by atoms with E-state index in [0.717, 1.165) is 17.1 Å². The minimum absolute atomic E-state index is 1.10. The predicted octanol–water partition coefficient (Wildman–Crippen LogP) is 14.1. The summed E-state index contributed by atoms with van der Waals surface area (Å²) in [7, 11) is 0. The normalized spacial score (nSPS) is 11.1. The van der Waals surface area contributed by atoms with Gasteiger partial charge in [0.1, 0.15) is 0 Å². The fourth-order valence-corrected chi connectivity index (χ4v) is 7.30. The van der Waals surface area contributed by atoms with E-state index >= 15 is 0 Å². The first-order valence-electron chi connectivity index (χ1n) is 17.5. The molecule has 0 heterocycles. The van der Waals surface area contributed by atoms with Crippen LogP contribution in [-0.2, 0) is 0 Å². The molecule has 51 heavy (non-hydrogen) atoms. The quantitative estimate of drug-likeness (QED) is 0.166. The van der Waals surface area contributed by atoms with Gasteiger partial charge in [-0.3, -0.25) is 0 Å². The first-order valence-corrected chi connectivity index (χ1v) is 17.5. The monoisotopic (exact) mass is 649 g/mol. The molecule has 0 aromatic heterocycles. The highest BCUT2D eigenvalue weighted by molar-refractivity contribution is 6.08. The summed E-state index contributed by atoms with van der Waals surface area (Å²) >= 11 is 0. The van der Waals surface area contributed by atoms with Crippen LogP contribution in [0, 0.1) is 0 Å². The van der Waals surface area contributed by atoms with Crippen LogP contribution in [0.5, 0.6) is 0 Å². The lowest BCUT2D eigenvalue weighted by molar-refractivity contribution is 1.30. The Morgan fingerprint density at radius 1 is 0.255 bits per heavy atom. The largest absolute Gasteiger partial charge is 0.310 e. The second-order valence-corrected chi connectivity index (χ2v) is 13.0. The molecule has 0 spiro atoms. The fourth-order valence-electron chi connectivity index (χ4n) is 7.30. The number of nitrogens with zero attached hydrogens (tertiary/aromatic N) is 1. The van der Waals surface area contributed by atoms with E-state index in [1.165, 1.54) is 66.1 Å². The van der Waals surface area contributed by atoms with Crippen LogP contribution in [0.3, 0.4) is 0 Å². The van der Waals surface area contributed by atoms with Crippen LogP contribution in [-0.4, -0.2) is 0 Å². The molecule has 1 nitrogen and oxygen atoms in total. The van der Waals surface area contributed by atoms with E-state index in [2.05, 4.69) is 217 Å². The molecule has 0 saturated heterocycles. The van der Waals surface area contributed by atoms with Crippen molar-refractivity contribution in [1.29, 1.82) is 0 Å². The van der Waals surface area contributed by atoms with E-state index in [9.17, 15) is 0 Å². The third-order valence-corrected chi connectivity index (χ3v) is 9.82. The molecule has 0 aliphatic rings. The summed E-state index contributed by atoms with van der Waals surface area (Å²) in [6, 6.07) is 76.7. The molecule has 0 unspecified atom stereocenters. The molecule has 9 aromatic carbocycles. The molecule has 0 aliphatic carbocycles. The third-order valence-electron chi connectivity index (χ3n) is 9.82. The maximum atomic E-state index is 2.42. The Morgan fingerprint density at radius 2 is 0.765 bits per heavy atom. The SMILES string of the molecule is c1ccc(-c2ccc(N(c3cccc(-c4ccc5ccccc5c4)c3)c3cccc4cccc(-c5cccc(-c6ccccc6)c5)c34)cc2)cc1. The Labute approximate surface area is 299 Å². The van der Waals surface area contributed by atoms with Crippen molar-refractivity contribution >= 4 is 38.6 Å². The lowest BCUT2D eigenvalue weighted by Gasteiger charge is -2.28. The minimum Gasteiger partial charge on any atom is -0.310 e. The lowest BCUT2D eigenvalue weighted by atomic mass is 9.93. The number of hydrogen-bond acceptors (Lipinski definition) is 1. The summed E-state index contributed by atoms with van der Waals surface area (Å²) in [5.74, 6) is 0. The van der Waals surface area contributed by atoms with Gasteiger partial charge in [-0.15, -0.1) is 0 Å². The molecule has 0 saturated carbocycles. The molecule has 240 valence electrons. The third kappa shape index (κ3) is 5.96. The van der Waals surface area contributed by atoms with E-state index < -0.39 is 0 Å². The number of fused-ring (bicyclic) bond motifs is 2. The smallest absolute Gasteiger partial charge is 0.0546 e. The van der Waals surface area contributed by atoms with Crippen LogP contribution in [0.15, 0.2) is 212 Å². The molecule has 0 fully saturated rings. The highest BCUT2D eigenvalue weighted by Crippen LogP contribution is 2.44. The minimum atomic E-state index is 1.10. The van der Waals surface area contributed by atoms with Gasteiger partial charge in [0.2, 0.25) is 0 Å². The zero-order chi connectivity index (χ0) is 34.0. The van der Waals surface area contributed by atoms with Crippen molar-refractivity contribution in [2.75, 3.05) is 4.90 Å². The fraction of sp³-hybridized carbons (Fsp3) is 0. The molecule has 1 heteroatoms. The van der Waals surface area contributed by atoms with Gasteiger partial charge in [-0.2, -0.15) is 0 Å². The maximum Gasteiger partial charge on any atom is 0.0546 e. The Bertz CT molecular complexity index is 2620. The van der Waals surface area contributed by atoms with E-state index in [0.29, 0.717) is 0 Å². The summed E-state index contributed by atoms with van der Waals surface area (Å²) in [5.41, 5.74) is 12.9. The average molecular weight is 650 g/mol. The van der Waals surface area contributed by atoms with E-state index in [4.69, 9.17) is 0 Å². The maximum absolute atomic E-state index is 2.42. The Morgan fingerprint density at radius 3 is 1.53 bits per heavy atom. The molecule has 0 radical (unpaired) electrons. The average Bonchev–Trinajstić information content (AvgIpc) is 3.22. The van der Waals surface area contributed by atoms with Gasteiger partial charge in [-0.1, -0.05) is 170 Å². The van der Waals surface area contributed by atoms with Crippen molar-refractivity contribution in [3.8, 4) is 44.5 Å². The van der Waals surface area contributed by atoms with Gasteiger partial charge >= 0.3 is 0 Å². The van der Waals surface area contributed by atoms with Crippen molar-refractivity contribution < 1.29 is 0 Å². The van der Waals surface area contributed by atoms with Crippen LogP contribution in [0.25, 0.3) is 66.1 Å². The molecule has 9 rings (SSSR count). The van der Waals surface area contributed by atoms with Gasteiger partial charge in [0.25, 0.3) is 0 Å². The Balaban J connectivity index is 1.24. The first kappa shape index (κ1) is 30.4. The van der Waals surface area contributed by atoms with Crippen molar-refractivity contribution in [2.45, 2.75) is 0 Å². The highest BCUT2D eigenvalue weighted by Gasteiger charge is 2.19. The number of benzene rings is 9. The van der Waals surface area contributed by atoms with Crippen molar-refractivity contribution in [3.05, 3.63) is 212 Å². The van der Waals surface area contributed by atoms with Crippen molar-refractivity contribution in [3.63, 3.8) is 0 Å². The Kier molecular flexibility index (Phi) is 7.92. The van der Waals surface area contributed by atoms with Gasteiger partial charge in [-0.05, 0) is 103 Å². The summed E-state index contributed by atoms with van der Waals surface area (Å²) in [6.07, 6.45) is 0. The number of anilines is 3. The van der Waals surface area contributed by atoms with Gasteiger partial charge in [0.05, 0.1) is 5.69 Å². The number of rotatable bonds is 7. The topological polar surface area (TPSA) is 3.24 Å². The van der Waals surface area contributed by atoms with Gasteiger partial charge in [-0.25, -0.2) is 0 Å². The molecule has 0 bridgehead atoms. The Hall–Kier alpha value is -6.70. The molecular formula is C50H35N. The molecule has 0 atom stereocenters. The van der Waals surface area contributed by atoms with Crippen LogP contribution >= 0.6 is 0 Å². The molecule has 0 amide bonds. The first-order chi connectivity index (χ1) is 25.3. The predicted molar refractivity (Wildman–Crippen MR) is 218 cm³/mol. The van der Waals surface area contributed by atoms with Gasteiger partial charge in [0, 0.05) is 16.8 Å². The zero-order valence-corrected chi connectivity index (χ0v) is 28.2. The highest BCUT2D eigenvalue weighted by atomic mass is 15.1. The van der Waals surface area contributed by atoms with Crippen LogP contribution in [0.4, 0.5) is 17.1 Å². The molecular weight excluding hydrogens is 615 g/mol.